The van der Waals surface area contributed by atoms with Crippen LogP contribution >= 0.6 is 0 Å². The van der Waals surface area contributed by atoms with Crippen LogP contribution in [0.2, 0.25) is 0 Å². The summed E-state index contributed by atoms with van der Waals surface area (Å²) in [6, 6.07) is 13.4. The molecular formula is C38H47N3O7. The van der Waals surface area contributed by atoms with Crippen molar-refractivity contribution in [2.75, 3.05) is 24.6 Å². The van der Waals surface area contributed by atoms with E-state index < -0.39 is 53.6 Å². The van der Waals surface area contributed by atoms with Crippen LogP contribution in [0.3, 0.4) is 0 Å². The lowest BCUT2D eigenvalue weighted by atomic mass is 9.70. The summed E-state index contributed by atoms with van der Waals surface area (Å²) >= 11 is 0. The van der Waals surface area contributed by atoms with Gasteiger partial charge in [0, 0.05) is 18.7 Å². The molecule has 2 aromatic carbocycles. The van der Waals surface area contributed by atoms with Crippen LogP contribution in [0.15, 0.2) is 73.8 Å². The second-order valence-corrected chi connectivity index (χ2v) is 13.2. The first-order valence-corrected chi connectivity index (χ1v) is 16.8. The Morgan fingerprint density at radius 2 is 1.83 bits per heavy atom. The zero-order valence-electron chi connectivity index (χ0n) is 28.1. The maximum Gasteiger partial charge on any atom is 0.312 e. The number of aryl methyl sites for hydroxylation is 2. The van der Waals surface area contributed by atoms with Gasteiger partial charge in [-0.25, -0.2) is 0 Å². The van der Waals surface area contributed by atoms with Crippen molar-refractivity contribution in [1.82, 2.24) is 10.2 Å². The van der Waals surface area contributed by atoms with E-state index in [-0.39, 0.29) is 37.9 Å². The second-order valence-electron chi connectivity index (χ2n) is 13.2. The molecule has 2 bridgehead atoms. The molecule has 5 rings (SSSR count). The largest absolute Gasteiger partial charge is 0.460 e. The number of hydrogen-bond donors (Lipinski definition) is 2. The molecule has 0 unspecified atom stereocenters. The first-order chi connectivity index (χ1) is 23.1. The molecule has 0 radical (unpaired) electrons. The Hall–Kier alpha value is -4.28. The van der Waals surface area contributed by atoms with Crippen molar-refractivity contribution in [2.24, 2.45) is 11.8 Å². The van der Waals surface area contributed by atoms with Crippen LogP contribution in [-0.2, 0) is 35.1 Å². The average Bonchev–Trinajstić information content (AvgIpc) is 3.72. The van der Waals surface area contributed by atoms with Gasteiger partial charge in [0.15, 0.2) is 0 Å². The molecule has 3 aliphatic heterocycles. The number of nitrogens with one attached hydrogen (secondary N) is 1. The number of amides is 3. The second kappa shape index (κ2) is 14.9. The maximum absolute atomic E-state index is 15.0. The van der Waals surface area contributed by atoms with E-state index in [4.69, 9.17) is 9.47 Å². The number of para-hydroxylation sites is 1. The number of esters is 1. The molecule has 3 aliphatic rings. The Labute approximate surface area is 282 Å². The minimum absolute atomic E-state index is 0.118. The van der Waals surface area contributed by atoms with Crippen molar-refractivity contribution < 1.29 is 33.8 Å². The van der Waals surface area contributed by atoms with E-state index in [1.807, 2.05) is 62.4 Å². The number of fused-ring (bicyclic) bond motifs is 1. The van der Waals surface area contributed by atoms with E-state index in [2.05, 4.69) is 18.5 Å². The number of anilines is 1. The third kappa shape index (κ3) is 6.56. The number of carbonyl (C=O) groups excluding carboxylic acids is 4. The van der Waals surface area contributed by atoms with Crippen LogP contribution in [0.5, 0.6) is 0 Å². The molecule has 3 saturated heterocycles. The van der Waals surface area contributed by atoms with Gasteiger partial charge in [-0.2, -0.15) is 0 Å². The Balaban J connectivity index is 1.51. The zero-order chi connectivity index (χ0) is 34.6. The molecule has 10 heteroatoms. The monoisotopic (exact) mass is 657 g/mol. The molecule has 0 saturated carbocycles. The first-order valence-electron chi connectivity index (χ1n) is 16.8. The van der Waals surface area contributed by atoms with Gasteiger partial charge in [0.2, 0.25) is 11.8 Å². The van der Waals surface area contributed by atoms with Crippen molar-refractivity contribution in [2.45, 2.75) is 82.8 Å². The summed E-state index contributed by atoms with van der Waals surface area (Å²) in [7, 11) is 0. The van der Waals surface area contributed by atoms with Gasteiger partial charge >= 0.3 is 5.97 Å². The number of benzene rings is 2. The molecule has 0 aliphatic carbocycles. The van der Waals surface area contributed by atoms with Crippen LogP contribution in [0.1, 0.15) is 49.3 Å². The van der Waals surface area contributed by atoms with Crippen molar-refractivity contribution in [3.63, 3.8) is 0 Å². The quantitative estimate of drug-likeness (QED) is 0.221. The fourth-order valence-electron chi connectivity index (χ4n) is 7.87. The van der Waals surface area contributed by atoms with E-state index in [1.165, 1.54) is 4.90 Å². The van der Waals surface area contributed by atoms with Gasteiger partial charge in [-0.15, -0.1) is 13.2 Å². The highest BCUT2D eigenvalue weighted by Crippen LogP contribution is 2.59. The lowest BCUT2D eigenvalue weighted by Crippen LogP contribution is -2.59. The van der Waals surface area contributed by atoms with Gasteiger partial charge in [-0.1, -0.05) is 60.7 Å². The predicted octanol–water partition coefficient (Wildman–Crippen LogP) is 3.81. The number of aliphatic hydroxyl groups is 1. The maximum atomic E-state index is 15.0. The summed E-state index contributed by atoms with van der Waals surface area (Å²) in [6.45, 7) is 13.0. The fraction of sp³-hybridized carbons (Fsp3) is 0.474. The van der Waals surface area contributed by atoms with Crippen molar-refractivity contribution in [3.05, 3.63) is 90.5 Å². The topological polar surface area (TPSA) is 125 Å². The third-order valence-electron chi connectivity index (χ3n) is 9.93. The van der Waals surface area contributed by atoms with Crippen LogP contribution < -0.4 is 10.2 Å². The van der Waals surface area contributed by atoms with Gasteiger partial charge in [-0.05, 0) is 63.1 Å². The van der Waals surface area contributed by atoms with Gasteiger partial charge in [0.25, 0.3) is 5.91 Å². The van der Waals surface area contributed by atoms with E-state index in [9.17, 15) is 19.5 Å². The Morgan fingerprint density at radius 1 is 1.12 bits per heavy atom. The molecule has 10 nitrogen and oxygen atoms in total. The molecule has 3 amide bonds. The summed E-state index contributed by atoms with van der Waals surface area (Å²) in [5.74, 6) is -3.43. The number of carbonyl (C=O) groups is 4. The Morgan fingerprint density at radius 3 is 2.48 bits per heavy atom. The van der Waals surface area contributed by atoms with E-state index in [1.54, 1.807) is 24.0 Å². The molecule has 2 aromatic rings. The minimum atomic E-state index is -1.29. The lowest BCUT2D eigenvalue weighted by Gasteiger charge is -2.40. The molecule has 48 heavy (non-hydrogen) atoms. The van der Waals surface area contributed by atoms with E-state index in [0.717, 1.165) is 22.4 Å². The minimum Gasteiger partial charge on any atom is -0.460 e. The summed E-state index contributed by atoms with van der Waals surface area (Å²) in [5.41, 5.74) is 2.12. The van der Waals surface area contributed by atoms with Crippen LogP contribution in [0.25, 0.3) is 0 Å². The standard InChI is InChI=1S/C38H47N3O7/c1-6-8-17-30(43)39-22-26(5)47-37(46)31-29-18-19-38(48-29)32(31)35(44)41(28(23-42)21-27-15-10-9-11-16-27)34(38)36(45)40(20-7-2)33-24(3)13-12-14-25(33)4/h6-7,9-16,26,28-29,31-32,34,42H,1-2,8,17-23H2,3-5H3,(H,39,43)/t26-,28+,29+,31-,32-,34+,38-/m0/s1. The summed E-state index contributed by atoms with van der Waals surface area (Å²) in [4.78, 5) is 58.9. The lowest BCUT2D eigenvalue weighted by molar-refractivity contribution is -0.159. The van der Waals surface area contributed by atoms with Gasteiger partial charge in [-0.3, -0.25) is 19.2 Å². The highest BCUT2D eigenvalue weighted by atomic mass is 16.6. The average molecular weight is 658 g/mol. The van der Waals surface area contributed by atoms with E-state index in [0.29, 0.717) is 25.7 Å². The summed E-state index contributed by atoms with van der Waals surface area (Å²) < 4.78 is 12.5. The first kappa shape index (κ1) is 35.0. The summed E-state index contributed by atoms with van der Waals surface area (Å²) in [5, 5.41) is 13.6. The van der Waals surface area contributed by atoms with Crippen molar-refractivity contribution >= 4 is 29.4 Å². The Bertz CT molecular complexity index is 1520. The third-order valence-corrected chi connectivity index (χ3v) is 9.93. The van der Waals surface area contributed by atoms with Crippen molar-refractivity contribution in [1.29, 1.82) is 0 Å². The highest BCUT2D eigenvalue weighted by molar-refractivity contribution is 6.05. The molecule has 7 atom stereocenters. The molecular weight excluding hydrogens is 610 g/mol. The zero-order valence-corrected chi connectivity index (χ0v) is 28.1. The molecule has 1 spiro atoms. The molecule has 3 heterocycles. The number of allylic oxidation sites excluding steroid dienone is 1. The SMILES string of the molecule is C=CCCC(=O)NC[C@H](C)OC(=O)[C@@H]1[C@H]2C(=O)N([C@@H](CO)Cc3ccccc3)[C@H](C(=O)N(CC=C)c3c(C)cccc3C)[C@]23CC[C@H]1O3. The van der Waals surface area contributed by atoms with Crippen LogP contribution in [-0.4, -0.2) is 83.3 Å². The predicted molar refractivity (Wildman–Crippen MR) is 182 cm³/mol. The number of rotatable bonds is 15. The number of nitrogens with zero attached hydrogens (tertiary/aromatic N) is 2. The number of likely N-dealkylation sites (tertiary alicyclic amines) is 1. The smallest absolute Gasteiger partial charge is 0.312 e. The molecule has 256 valence electrons. The molecule has 0 aromatic heterocycles. The number of ether oxygens (including phenoxy) is 2. The van der Waals surface area contributed by atoms with Crippen molar-refractivity contribution in [3.8, 4) is 0 Å². The van der Waals surface area contributed by atoms with Crippen LogP contribution in [0.4, 0.5) is 5.69 Å². The number of aliphatic hydroxyl groups excluding tert-OH is 1. The van der Waals surface area contributed by atoms with Gasteiger partial charge in [0.05, 0.1) is 37.1 Å². The van der Waals surface area contributed by atoms with Gasteiger partial charge < -0.3 is 29.7 Å². The molecule has 2 N–H and O–H groups in total. The number of hydrogen-bond acceptors (Lipinski definition) is 7. The highest BCUT2D eigenvalue weighted by Gasteiger charge is 2.75. The van der Waals surface area contributed by atoms with E-state index >= 15 is 4.79 Å². The fourth-order valence-corrected chi connectivity index (χ4v) is 7.87. The normalized spacial score (nSPS) is 25.2. The van der Waals surface area contributed by atoms with Gasteiger partial charge in [0.1, 0.15) is 17.7 Å². The summed E-state index contributed by atoms with van der Waals surface area (Å²) in [6.07, 6.45) is 4.06. The van der Waals surface area contributed by atoms with Crippen LogP contribution in [0, 0.1) is 25.7 Å². The molecule has 3 fully saturated rings. The Kier molecular flexibility index (Phi) is 10.9.